The summed E-state index contributed by atoms with van der Waals surface area (Å²) in [5.41, 5.74) is 15.1. The van der Waals surface area contributed by atoms with Crippen molar-refractivity contribution >= 4 is 71.4 Å². The lowest BCUT2D eigenvalue weighted by Gasteiger charge is -2.28. The largest absolute Gasteiger partial charge is 0.310 e. The van der Waals surface area contributed by atoms with Crippen LogP contribution in [0.4, 0.5) is 17.1 Å². The van der Waals surface area contributed by atoms with Crippen LogP contribution in [0.2, 0.25) is 0 Å². The van der Waals surface area contributed by atoms with Crippen LogP contribution in [0, 0.1) is 0 Å². The first-order valence-electron chi connectivity index (χ1n) is 21.1. The third-order valence-corrected chi connectivity index (χ3v) is 12.2. The van der Waals surface area contributed by atoms with Gasteiger partial charge >= 0.3 is 0 Å². The van der Waals surface area contributed by atoms with Crippen molar-refractivity contribution < 1.29 is 0 Å². The zero-order chi connectivity index (χ0) is 41.0. The Morgan fingerprint density at radius 1 is 0.355 bits per heavy atom. The van der Waals surface area contributed by atoms with E-state index in [1.54, 1.807) is 0 Å². The summed E-state index contributed by atoms with van der Waals surface area (Å²) >= 11 is 0. The van der Waals surface area contributed by atoms with Gasteiger partial charge in [0, 0.05) is 49.7 Å². The molecule has 0 N–H and O–H groups in total. The summed E-state index contributed by atoms with van der Waals surface area (Å²) in [6.45, 7) is 0. The minimum absolute atomic E-state index is 0.842. The fraction of sp³-hybridized carbons (Fsp3) is 0. The zero-order valence-corrected chi connectivity index (χ0v) is 33.7. The number of anilines is 3. The number of para-hydroxylation sites is 4. The molecule has 0 radical (unpaired) electrons. The summed E-state index contributed by atoms with van der Waals surface area (Å²) in [4.78, 5) is 12.7. The molecular weight excluding hydrogens is 753 g/mol. The van der Waals surface area contributed by atoms with Crippen molar-refractivity contribution in [2.24, 2.45) is 0 Å². The maximum Gasteiger partial charge on any atom is 0.0979 e. The number of rotatable bonds is 7. The predicted octanol–water partition coefficient (Wildman–Crippen LogP) is 15.5. The fourth-order valence-corrected chi connectivity index (χ4v) is 9.41. The molecule has 12 rings (SSSR count). The summed E-state index contributed by atoms with van der Waals surface area (Å²) in [6, 6.07) is 80.2. The maximum atomic E-state index is 5.28. The molecule has 0 aliphatic heterocycles. The molecule has 0 fully saturated rings. The van der Waals surface area contributed by atoms with Crippen LogP contribution in [0.5, 0.6) is 0 Å². The third kappa shape index (κ3) is 5.84. The van der Waals surface area contributed by atoms with E-state index < -0.39 is 0 Å². The van der Waals surface area contributed by atoms with Crippen molar-refractivity contribution in [3.63, 3.8) is 0 Å². The molecule has 4 nitrogen and oxygen atoms in total. The van der Waals surface area contributed by atoms with Crippen LogP contribution < -0.4 is 4.90 Å². The van der Waals surface area contributed by atoms with Gasteiger partial charge in [-0.15, -0.1) is 0 Å². The van der Waals surface area contributed by atoms with Gasteiger partial charge in [0.2, 0.25) is 0 Å². The Balaban J connectivity index is 0.972. The average Bonchev–Trinajstić information content (AvgIpc) is 3.69. The van der Waals surface area contributed by atoms with Gasteiger partial charge in [-0.1, -0.05) is 164 Å². The molecule has 4 heteroatoms. The van der Waals surface area contributed by atoms with Gasteiger partial charge in [0.25, 0.3) is 0 Å². The SMILES string of the molecule is c1ccc(N(c2ccc(-c3cnc4c5ccccc5c5ccccc5c4n3)cc2)c2ccccc2-c2ccccc2-c2ccc3c(c2)c2ccccc2n3-c2ccccc2)cc1. The smallest absolute Gasteiger partial charge is 0.0979 e. The molecule has 0 aliphatic carbocycles. The summed E-state index contributed by atoms with van der Waals surface area (Å²) < 4.78 is 2.37. The topological polar surface area (TPSA) is 34.0 Å². The molecule has 0 bridgehead atoms. The standard InChI is InChI=1S/C58H38N4/c1-3-17-41(18-4-1)61(43-34-31-39(32-35-43)53-38-59-57-50-27-11-9-23-46(50)47-24-10-12-28-51(47)58(57)60-53)54-29-15-13-25-48(54)45-22-8-7-21-44(45)40-33-36-56-52(37-40)49-26-14-16-30-55(49)62(56)42-19-5-2-6-20-42/h1-38H. The molecule has 0 atom stereocenters. The molecule has 0 aliphatic rings. The van der Waals surface area contributed by atoms with Gasteiger partial charge in [0.15, 0.2) is 0 Å². The van der Waals surface area contributed by atoms with Gasteiger partial charge in [-0.3, -0.25) is 4.98 Å². The fourth-order valence-electron chi connectivity index (χ4n) is 9.41. The zero-order valence-electron chi connectivity index (χ0n) is 33.7. The Morgan fingerprint density at radius 3 is 1.63 bits per heavy atom. The lowest BCUT2D eigenvalue weighted by atomic mass is 9.92. The van der Waals surface area contributed by atoms with Crippen LogP contribution in [0.15, 0.2) is 231 Å². The molecule has 0 saturated heterocycles. The van der Waals surface area contributed by atoms with E-state index in [2.05, 4.69) is 234 Å². The lowest BCUT2D eigenvalue weighted by Crippen LogP contribution is -2.11. The number of hydrogen-bond acceptors (Lipinski definition) is 3. The second-order valence-electron chi connectivity index (χ2n) is 15.7. The third-order valence-electron chi connectivity index (χ3n) is 12.2. The van der Waals surface area contributed by atoms with Crippen molar-refractivity contribution in [3.8, 4) is 39.2 Å². The minimum atomic E-state index is 0.842. The maximum absolute atomic E-state index is 5.28. The van der Waals surface area contributed by atoms with E-state index in [1.165, 1.54) is 43.7 Å². The molecule has 0 unspecified atom stereocenters. The Morgan fingerprint density at radius 2 is 0.887 bits per heavy atom. The predicted molar refractivity (Wildman–Crippen MR) is 260 cm³/mol. The first kappa shape index (κ1) is 35.6. The quantitative estimate of drug-likeness (QED) is 0.151. The summed E-state index contributed by atoms with van der Waals surface area (Å²) in [7, 11) is 0. The minimum Gasteiger partial charge on any atom is -0.310 e. The van der Waals surface area contributed by atoms with Crippen LogP contribution in [-0.2, 0) is 0 Å². The van der Waals surface area contributed by atoms with Crippen molar-refractivity contribution in [2.75, 3.05) is 4.90 Å². The highest BCUT2D eigenvalue weighted by molar-refractivity contribution is 6.23. The van der Waals surface area contributed by atoms with E-state index >= 15 is 0 Å². The molecule has 62 heavy (non-hydrogen) atoms. The molecule has 0 amide bonds. The second-order valence-corrected chi connectivity index (χ2v) is 15.7. The van der Waals surface area contributed by atoms with Crippen LogP contribution in [0.1, 0.15) is 0 Å². The van der Waals surface area contributed by atoms with Crippen LogP contribution in [0.3, 0.4) is 0 Å². The molecule has 2 aromatic heterocycles. The highest BCUT2D eigenvalue weighted by atomic mass is 15.1. The van der Waals surface area contributed by atoms with Crippen molar-refractivity contribution in [2.45, 2.75) is 0 Å². The number of fused-ring (bicyclic) bond motifs is 9. The Bertz CT molecular complexity index is 3590. The number of benzene rings is 10. The van der Waals surface area contributed by atoms with Gasteiger partial charge in [0.1, 0.15) is 0 Å². The second kappa shape index (κ2) is 14.7. The van der Waals surface area contributed by atoms with Crippen molar-refractivity contribution in [1.29, 1.82) is 0 Å². The molecule has 290 valence electrons. The van der Waals surface area contributed by atoms with Crippen LogP contribution >= 0.6 is 0 Å². The van der Waals surface area contributed by atoms with E-state index in [0.717, 1.165) is 66.9 Å². The van der Waals surface area contributed by atoms with E-state index in [0.29, 0.717) is 0 Å². The van der Waals surface area contributed by atoms with Crippen molar-refractivity contribution in [3.05, 3.63) is 231 Å². The molecular formula is C58H38N4. The molecule has 12 aromatic rings. The molecule has 10 aromatic carbocycles. The molecule has 0 spiro atoms. The first-order chi connectivity index (χ1) is 30.8. The van der Waals surface area contributed by atoms with Crippen LogP contribution in [-0.4, -0.2) is 14.5 Å². The monoisotopic (exact) mass is 790 g/mol. The molecule has 0 saturated carbocycles. The number of hydrogen-bond donors (Lipinski definition) is 0. The van der Waals surface area contributed by atoms with E-state index in [-0.39, 0.29) is 0 Å². The van der Waals surface area contributed by atoms with Gasteiger partial charge in [-0.05, 0) is 88.1 Å². The highest BCUT2D eigenvalue weighted by Crippen LogP contribution is 2.45. The normalized spacial score (nSPS) is 11.5. The lowest BCUT2D eigenvalue weighted by molar-refractivity contribution is 1.18. The van der Waals surface area contributed by atoms with Gasteiger partial charge < -0.3 is 9.47 Å². The van der Waals surface area contributed by atoms with E-state index in [1.807, 2.05) is 6.20 Å². The van der Waals surface area contributed by atoms with Crippen molar-refractivity contribution in [1.82, 2.24) is 14.5 Å². The Kier molecular flexibility index (Phi) is 8.46. The van der Waals surface area contributed by atoms with Gasteiger partial charge in [0.05, 0.1) is 39.6 Å². The first-order valence-corrected chi connectivity index (χ1v) is 21.1. The highest BCUT2D eigenvalue weighted by Gasteiger charge is 2.21. The Hall–Kier alpha value is -8.34. The van der Waals surface area contributed by atoms with E-state index in [4.69, 9.17) is 9.97 Å². The number of nitrogens with zero attached hydrogens (tertiary/aromatic N) is 4. The Labute approximate surface area is 359 Å². The molecule has 2 heterocycles. The number of aromatic nitrogens is 3. The van der Waals surface area contributed by atoms with Crippen LogP contribution in [0.25, 0.3) is 93.6 Å². The summed E-state index contributed by atoms with van der Waals surface area (Å²) in [5.74, 6) is 0. The van der Waals surface area contributed by atoms with E-state index in [9.17, 15) is 0 Å². The van der Waals surface area contributed by atoms with Gasteiger partial charge in [-0.25, -0.2) is 4.98 Å². The summed E-state index contributed by atoms with van der Waals surface area (Å²) in [6.07, 6.45) is 1.91. The average molecular weight is 791 g/mol. The summed E-state index contributed by atoms with van der Waals surface area (Å²) in [5, 5.41) is 7.07. The van der Waals surface area contributed by atoms with Gasteiger partial charge in [-0.2, -0.15) is 0 Å².